The molecule has 162 valence electrons. The number of carboxylic acid groups (broad SMARTS) is 1. The Labute approximate surface area is 214 Å². The summed E-state index contributed by atoms with van der Waals surface area (Å²) in [7, 11) is 0. The van der Waals surface area contributed by atoms with Gasteiger partial charge in [-0.1, -0.05) is 42.1 Å². The second-order valence-electron chi connectivity index (χ2n) is 7.02. The molecule has 0 saturated carbocycles. The third-order valence-electron chi connectivity index (χ3n) is 4.93. The van der Waals surface area contributed by atoms with E-state index >= 15 is 0 Å². The monoisotopic (exact) mass is 482 g/mol. The van der Waals surface area contributed by atoms with E-state index in [1.165, 1.54) is 28.4 Å². The van der Waals surface area contributed by atoms with Gasteiger partial charge in [-0.3, -0.25) is 19.6 Å². The quantitative estimate of drug-likeness (QED) is 0.205. The summed E-state index contributed by atoms with van der Waals surface area (Å²) in [6.45, 7) is 1.76. The first kappa shape index (κ1) is 24.8. The number of aliphatic carboxylic acids is 1. The molecule has 3 atom stereocenters. The molecule has 0 bridgehead atoms. The van der Waals surface area contributed by atoms with Gasteiger partial charge in [0.05, 0.1) is 11.7 Å². The zero-order valence-electron chi connectivity index (χ0n) is 17.4. The number of hydrogen-bond acceptors (Lipinski definition) is 9. The van der Waals surface area contributed by atoms with E-state index < -0.39 is 35.2 Å². The molecule has 0 aliphatic carbocycles. The van der Waals surface area contributed by atoms with Crippen molar-refractivity contribution in [3.63, 3.8) is 0 Å². The maximum absolute atomic E-state index is 12.7. The maximum Gasteiger partial charge on any atom is 1.00 e. The van der Waals surface area contributed by atoms with Crippen LogP contribution in [0.25, 0.3) is 0 Å². The molecule has 2 aromatic rings. The molecule has 2 aliphatic rings. The number of fused-ring (bicyclic) bond motifs is 1. The molecule has 13 heteroatoms. The normalized spacial score (nSPS) is 20.7. The van der Waals surface area contributed by atoms with Crippen LogP contribution in [0, 0.1) is 6.92 Å². The number of rotatable bonds is 7. The molecule has 2 aliphatic heterocycles. The Bertz CT molecular complexity index is 1060. The SMILES string of the molecule is Cc1nc(SCC2=C(C(=O)[O-])N3C(=O)C(NC(=O)C(N)c4ccccc4)[C@H]3SC2)n[nH]1.[Na+]. The molecule has 2 unspecified atom stereocenters. The molecule has 3 heterocycles. The third kappa shape index (κ3) is 4.90. The Morgan fingerprint density at radius 3 is 2.75 bits per heavy atom. The van der Waals surface area contributed by atoms with Gasteiger partial charge in [0.15, 0.2) is 0 Å². The van der Waals surface area contributed by atoms with Crippen molar-refractivity contribution in [2.45, 2.75) is 29.5 Å². The van der Waals surface area contributed by atoms with E-state index in [0.717, 1.165) is 0 Å². The van der Waals surface area contributed by atoms with E-state index in [-0.39, 0.29) is 35.3 Å². The van der Waals surface area contributed by atoms with Gasteiger partial charge in [-0.15, -0.1) is 16.9 Å². The summed E-state index contributed by atoms with van der Waals surface area (Å²) >= 11 is 2.65. The largest absolute Gasteiger partial charge is 1.00 e. The molecular weight excluding hydrogens is 463 g/mol. The Morgan fingerprint density at radius 2 is 2.12 bits per heavy atom. The minimum Gasteiger partial charge on any atom is -0.543 e. The summed E-state index contributed by atoms with van der Waals surface area (Å²) in [5, 5.41) is 21.2. The van der Waals surface area contributed by atoms with E-state index in [9.17, 15) is 19.5 Å². The number of aryl methyl sites for hydroxylation is 1. The number of carbonyl (C=O) groups excluding carboxylic acids is 3. The van der Waals surface area contributed by atoms with Crippen LogP contribution in [0.5, 0.6) is 0 Å². The van der Waals surface area contributed by atoms with E-state index in [0.29, 0.717) is 33.6 Å². The number of β-lactam (4-membered cyclic amide) rings is 1. The zero-order valence-corrected chi connectivity index (χ0v) is 21.0. The van der Waals surface area contributed by atoms with E-state index in [1.807, 2.05) is 6.07 Å². The molecular formula is C19H19N6NaO4S2. The third-order valence-corrected chi connectivity index (χ3v) is 7.20. The van der Waals surface area contributed by atoms with Gasteiger partial charge in [0.2, 0.25) is 11.1 Å². The van der Waals surface area contributed by atoms with Crippen LogP contribution in [0.1, 0.15) is 17.4 Å². The van der Waals surface area contributed by atoms with Crippen LogP contribution in [-0.4, -0.2) is 60.8 Å². The summed E-state index contributed by atoms with van der Waals surface area (Å²) in [6, 6.07) is 7.04. The topological polar surface area (TPSA) is 157 Å². The first-order valence-corrected chi connectivity index (χ1v) is 11.4. The fourth-order valence-electron chi connectivity index (χ4n) is 3.38. The van der Waals surface area contributed by atoms with Gasteiger partial charge in [0.25, 0.3) is 5.91 Å². The summed E-state index contributed by atoms with van der Waals surface area (Å²) in [6.07, 6.45) is 0. The average molecular weight is 483 g/mol. The van der Waals surface area contributed by atoms with Crippen molar-refractivity contribution in [2.75, 3.05) is 11.5 Å². The van der Waals surface area contributed by atoms with Gasteiger partial charge in [-0.25, -0.2) is 4.98 Å². The number of H-pyrrole nitrogens is 1. The number of benzene rings is 1. The number of carbonyl (C=O) groups is 3. The number of nitrogens with zero attached hydrogens (tertiary/aromatic N) is 3. The minimum absolute atomic E-state index is 0. The fourth-order valence-corrected chi connectivity index (χ4v) is 5.70. The number of carboxylic acids is 1. The maximum atomic E-state index is 12.7. The van der Waals surface area contributed by atoms with Crippen molar-refractivity contribution in [3.05, 3.63) is 53.0 Å². The molecule has 0 radical (unpaired) electrons. The predicted molar refractivity (Wildman–Crippen MR) is 112 cm³/mol. The average Bonchev–Trinajstić information content (AvgIpc) is 3.20. The molecule has 1 saturated heterocycles. The van der Waals surface area contributed by atoms with Gasteiger partial charge in [-0.2, -0.15) is 0 Å². The number of aromatic amines is 1. The predicted octanol–water partition coefficient (Wildman–Crippen LogP) is -3.69. The first-order chi connectivity index (χ1) is 14.9. The number of thioether (sulfide) groups is 2. The van der Waals surface area contributed by atoms with Crippen molar-refractivity contribution < 1.29 is 49.0 Å². The Kier molecular flexibility index (Phi) is 8.06. The molecule has 0 spiro atoms. The minimum atomic E-state index is -1.42. The molecule has 2 amide bonds. The smallest absolute Gasteiger partial charge is 0.543 e. The Morgan fingerprint density at radius 1 is 1.41 bits per heavy atom. The number of amides is 2. The number of aromatic nitrogens is 3. The van der Waals surface area contributed by atoms with Crippen molar-refractivity contribution in [1.29, 1.82) is 0 Å². The van der Waals surface area contributed by atoms with Crippen LogP contribution in [-0.2, 0) is 14.4 Å². The summed E-state index contributed by atoms with van der Waals surface area (Å²) < 4.78 is 0. The molecule has 1 fully saturated rings. The Balaban J connectivity index is 0.00000289. The molecule has 1 aromatic carbocycles. The standard InChI is InChI=1S/C19H20N6O4S2.Na/c1-9-21-19(24-23-9)31-8-11-7-30-17-13(16(27)25(17)14(11)18(28)29)22-15(26)12(20)10-5-3-2-4-6-10;/h2-6,12-13,17H,7-8,20H2,1H3,(H,22,26)(H,28,29)(H,21,23,24);/q;+1/p-1/t12?,13?,17-;/m1./s1. The van der Waals surface area contributed by atoms with Crippen molar-refractivity contribution in [2.24, 2.45) is 5.73 Å². The molecule has 1 aromatic heterocycles. The molecule has 4 rings (SSSR count). The second kappa shape index (κ2) is 10.4. The fraction of sp³-hybridized carbons (Fsp3) is 0.316. The first-order valence-electron chi connectivity index (χ1n) is 9.37. The summed E-state index contributed by atoms with van der Waals surface area (Å²) in [5.41, 5.74) is 7.02. The van der Waals surface area contributed by atoms with Crippen molar-refractivity contribution in [3.8, 4) is 0 Å². The summed E-state index contributed by atoms with van der Waals surface area (Å²) in [5.74, 6) is -1.08. The number of nitrogens with two attached hydrogens (primary N) is 1. The van der Waals surface area contributed by atoms with Crippen LogP contribution >= 0.6 is 23.5 Å². The molecule has 32 heavy (non-hydrogen) atoms. The van der Waals surface area contributed by atoms with Crippen LogP contribution in [0.4, 0.5) is 0 Å². The van der Waals surface area contributed by atoms with Crippen LogP contribution in [0.2, 0.25) is 0 Å². The van der Waals surface area contributed by atoms with E-state index in [2.05, 4.69) is 20.5 Å². The molecule has 4 N–H and O–H groups in total. The number of nitrogens with one attached hydrogen (secondary N) is 2. The summed E-state index contributed by atoms with van der Waals surface area (Å²) in [4.78, 5) is 42.4. The van der Waals surface area contributed by atoms with Gasteiger partial charge < -0.3 is 21.0 Å². The van der Waals surface area contributed by atoms with E-state index in [1.54, 1.807) is 31.2 Å². The van der Waals surface area contributed by atoms with E-state index in [4.69, 9.17) is 5.73 Å². The van der Waals surface area contributed by atoms with Crippen molar-refractivity contribution in [1.82, 2.24) is 25.4 Å². The van der Waals surface area contributed by atoms with Gasteiger partial charge in [-0.05, 0) is 18.1 Å². The molecule has 10 nitrogen and oxygen atoms in total. The van der Waals surface area contributed by atoms with Gasteiger partial charge in [0, 0.05) is 11.5 Å². The van der Waals surface area contributed by atoms with Crippen molar-refractivity contribution >= 4 is 41.3 Å². The van der Waals surface area contributed by atoms with Crippen LogP contribution in [0.15, 0.2) is 46.8 Å². The Hall–Kier alpha value is -1.83. The van der Waals surface area contributed by atoms with Gasteiger partial charge in [0.1, 0.15) is 23.3 Å². The number of hydrogen-bond donors (Lipinski definition) is 3. The zero-order chi connectivity index (χ0) is 22.1. The van der Waals surface area contributed by atoms with Gasteiger partial charge >= 0.3 is 29.6 Å². The van der Waals surface area contributed by atoms with Crippen LogP contribution < -0.4 is 45.7 Å². The second-order valence-corrected chi connectivity index (χ2v) is 9.06. The van der Waals surface area contributed by atoms with Crippen LogP contribution in [0.3, 0.4) is 0 Å².